The molecule has 0 bridgehead atoms. The van der Waals surface area contributed by atoms with Gasteiger partial charge in [-0.05, 0) is 350 Å². The molecule has 4 heteroatoms. The number of fused-ring (bicyclic) bond motifs is 14. The predicted octanol–water partition coefficient (Wildman–Crippen LogP) is 37.7. The molecule has 2 aliphatic carbocycles. The smallest absolute Gasteiger partial charge is 0.0468 e. The summed E-state index contributed by atoms with van der Waals surface area (Å²) in [6, 6.07) is 186. The van der Waals surface area contributed by atoms with Crippen LogP contribution in [0.3, 0.4) is 0 Å². The van der Waals surface area contributed by atoms with Crippen LogP contribution in [0.5, 0.6) is 0 Å². The van der Waals surface area contributed by atoms with Gasteiger partial charge in [-0.3, -0.25) is 0 Å². The third-order valence-corrected chi connectivity index (χ3v) is 29.7. The first-order chi connectivity index (χ1) is 67.8. The number of anilines is 12. The van der Waals surface area contributed by atoms with Gasteiger partial charge in [0.05, 0.1) is 0 Å². The minimum atomic E-state index is -0.363. The molecule has 4 nitrogen and oxygen atoms in total. The largest absolute Gasteiger partial charge is 0.310 e. The van der Waals surface area contributed by atoms with Gasteiger partial charge in [-0.2, -0.15) is 0 Å². The van der Waals surface area contributed by atoms with Crippen molar-refractivity contribution in [3.63, 3.8) is 0 Å². The first kappa shape index (κ1) is 81.3. The van der Waals surface area contributed by atoms with Crippen LogP contribution in [0.25, 0.3) is 164 Å². The maximum absolute atomic E-state index is 2.47. The maximum atomic E-state index is 2.47. The second kappa shape index (κ2) is 32.7. The quantitative estimate of drug-likeness (QED) is 0.0901. The molecule has 26 rings (SSSR count). The first-order valence-corrected chi connectivity index (χ1v) is 48.0. The average Bonchev–Trinajstić information content (AvgIpc) is 1.57. The Balaban J connectivity index is 0.516. The molecule has 650 valence electrons. The van der Waals surface area contributed by atoms with E-state index in [-0.39, 0.29) is 10.8 Å². The van der Waals surface area contributed by atoms with Crippen LogP contribution in [-0.2, 0) is 10.8 Å². The summed E-state index contributed by atoms with van der Waals surface area (Å²) >= 11 is 0. The summed E-state index contributed by atoms with van der Waals surface area (Å²) in [7, 11) is 0. The summed E-state index contributed by atoms with van der Waals surface area (Å²) in [5.41, 5.74) is 34.6. The molecule has 0 atom stereocenters. The van der Waals surface area contributed by atoms with Crippen LogP contribution in [0.2, 0.25) is 0 Å². The third kappa shape index (κ3) is 14.0. The van der Waals surface area contributed by atoms with Crippen LogP contribution in [0.15, 0.2) is 497 Å². The molecule has 0 N–H and O–H groups in total. The van der Waals surface area contributed by atoms with Gasteiger partial charge in [0.2, 0.25) is 0 Å². The van der Waals surface area contributed by atoms with Crippen molar-refractivity contribution in [1.29, 1.82) is 0 Å². The fourth-order valence-electron chi connectivity index (χ4n) is 22.5. The van der Waals surface area contributed by atoms with Crippen molar-refractivity contribution in [1.82, 2.24) is 0 Å². The molecule has 0 unspecified atom stereocenters. The van der Waals surface area contributed by atoms with Crippen molar-refractivity contribution in [3.05, 3.63) is 520 Å². The summed E-state index contributed by atoms with van der Waals surface area (Å²) in [6.07, 6.45) is 0. The van der Waals surface area contributed by atoms with Crippen LogP contribution in [0, 0.1) is 0 Å². The van der Waals surface area contributed by atoms with Gasteiger partial charge in [-0.25, -0.2) is 0 Å². The van der Waals surface area contributed by atoms with Crippen LogP contribution >= 0.6 is 0 Å². The molecule has 0 saturated carbocycles. The molecular formula is C134H94N4. The highest BCUT2D eigenvalue weighted by molar-refractivity contribution is 6.08. The molecule has 0 spiro atoms. The van der Waals surface area contributed by atoms with Crippen molar-refractivity contribution in [3.8, 4) is 77.9 Å². The standard InChI is InChI=1S/C134H94N4/c1-133(2)129-83-115(135(111-62-46-89-22-7-12-28-99(89)79-111)107-54-42-92(43-55-107)102-38-36-87-20-5-10-26-97(87)76-102)66-70-125(129)126-71-67-116(84-130(126)133)136(108-56-44-93(45-57-108)103-39-37-88-21-6-11-27-98(88)77-103)114-65-53-104-78-106(41-40-105(104)82-114)122-75-74-121(123-33-17-18-34-124(122)123)96-51-60-110(61-52-96)138(113-64-48-91-24-9-14-30-101(91)81-113)118-69-73-128-127-72-68-117(85-131(127)134(3,4)132(128)86-118)137(112-63-47-90-23-8-13-29-100(90)80-112)109-58-49-95(50-59-109)120-35-19-31-94-25-15-16-32-119(94)120/h5-86H,1-4H3. The molecule has 0 radical (unpaired) electrons. The van der Waals surface area contributed by atoms with E-state index in [1.165, 1.54) is 175 Å². The molecule has 0 aromatic heterocycles. The zero-order valence-electron chi connectivity index (χ0n) is 77.1. The van der Waals surface area contributed by atoms with Crippen LogP contribution in [-0.4, -0.2) is 0 Å². The summed E-state index contributed by atoms with van der Waals surface area (Å²) < 4.78 is 0. The van der Waals surface area contributed by atoms with Gasteiger partial charge in [0.1, 0.15) is 0 Å². The summed E-state index contributed by atoms with van der Waals surface area (Å²) in [4.78, 5) is 9.78. The molecule has 0 heterocycles. The zero-order valence-corrected chi connectivity index (χ0v) is 77.1. The highest BCUT2D eigenvalue weighted by Gasteiger charge is 2.39. The number of nitrogens with zero attached hydrogens (tertiary/aromatic N) is 4. The van der Waals surface area contributed by atoms with E-state index < -0.39 is 0 Å². The average molecular weight is 1760 g/mol. The lowest BCUT2D eigenvalue weighted by Crippen LogP contribution is -2.17. The Morgan fingerprint density at radius 1 is 0.123 bits per heavy atom. The van der Waals surface area contributed by atoms with Gasteiger partial charge in [0, 0.05) is 79.1 Å². The Morgan fingerprint density at radius 3 is 0.681 bits per heavy atom. The second-order valence-corrected chi connectivity index (χ2v) is 38.4. The van der Waals surface area contributed by atoms with Crippen LogP contribution < -0.4 is 19.6 Å². The number of benzene rings is 24. The van der Waals surface area contributed by atoms with Crippen molar-refractivity contribution in [2.45, 2.75) is 38.5 Å². The SMILES string of the molecule is CC1(C)c2cc(N(c3ccc(-c4cccc5ccccc45)cc3)c3ccc4ccccc4c3)ccc2-c2ccc(N(c3ccc(-c4ccc(-c5ccc6cc(N(c7ccc(-c8ccc9ccccc9c8)cc7)c7ccc8c(c7)C(C)(C)c7cc(N(c9ccc(-c%10ccc%11ccccc%11c%10)cc9)c9ccc%10ccccc%10c9)ccc7-8)ccc6c5)c5ccccc45)cc3)c3ccc4ccccc4c3)cc21. The molecular weight excluding hydrogens is 1670 g/mol. The minimum absolute atomic E-state index is 0.351. The summed E-state index contributed by atoms with van der Waals surface area (Å²) in [5, 5.41) is 19.4. The normalized spacial score (nSPS) is 12.8. The maximum Gasteiger partial charge on any atom is 0.0468 e. The molecule has 0 fully saturated rings. The Hall–Kier alpha value is -17.4. The lowest BCUT2D eigenvalue weighted by molar-refractivity contribution is 0.660. The van der Waals surface area contributed by atoms with Crippen LogP contribution in [0.1, 0.15) is 49.9 Å². The van der Waals surface area contributed by atoms with Crippen molar-refractivity contribution >= 4 is 154 Å². The first-order valence-electron chi connectivity index (χ1n) is 48.0. The van der Waals surface area contributed by atoms with E-state index in [4.69, 9.17) is 0 Å². The van der Waals surface area contributed by atoms with E-state index in [0.29, 0.717) is 0 Å². The van der Waals surface area contributed by atoms with Gasteiger partial charge < -0.3 is 19.6 Å². The van der Waals surface area contributed by atoms with E-state index >= 15 is 0 Å². The van der Waals surface area contributed by atoms with Gasteiger partial charge in [0.25, 0.3) is 0 Å². The fourth-order valence-corrected chi connectivity index (χ4v) is 22.5. The van der Waals surface area contributed by atoms with Gasteiger partial charge in [-0.15, -0.1) is 0 Å². The van der Waals surface area contributed by atoms with E-state index in [0.717, 1.165) is 79.2 Å². The fraction of sp³-hybridized carbons (Fsp3) is 0.0448. The van der Waals surface area contributed by atoms with Crippen molar-refractivity contribution in [2.24, 2.45) is 0 Å². The Kier molecular flexibility index (Phi) is 19.3. The molecule has 0 amide bonds. The lowest BCUT2D eigenvalue weighted by Gasteiger charge is -2.29. The summed E-state index contributed by atoms with van der Waals surface area (Å²) in [5.74, 6) is 0. The molecule has 2 aliphatic rings. The van der Waals surface area contributed by atoms with Crippen molar-refractivity contribution < 1.29 is 0 Å². The Labute approximate surface area is 804 Å². The van der Waals surface area contributed by atoms with E-state index in [2.05, 4.69) is 545 Å². The van der Waals surface area contributed by atoms with E-state index in [1.807, 2.05) is 0 Å². The second-order valence-electron chi connectivity index (χ2n) is 38.4. The van der Waals surface area contributed by atoms with E-state index in [1.54, 1.807) is 0 Å². The lowest BCUT2D eigenvalue weighted by atomic mass is 9.82. The molecule has 0 saturated heterocycles. The molecule has 24 aromatic rings. The van der Waals surface area contributed by atoms with Gasteiger partial charge >= 0.3 is 0 Å². The van der Waals surface area contributed by atoms with E-state index in [9.17, 15) is 0 Å². The molecule has 0 aliphatic heterocycles. The zero-order chi connectivity index (χ0) is 91.9. The van der Waals surface area contributed by atoms with Crippen molar-refractivity contribution in [2.75, 3.05) is 19.6 Å². The minimum Gasteiger partial charge on any atom is -0.310 e. The monoisotopic (exact) mass is 1760 g/mol. The summed E-state index contributed by atoms with van der Waals surface area (Å²) in [6.45, 7) is 9.64. The molecule has 24 aromatic carbocycles. The third-order valence-electron chi connectivity index (χ3n) is 29.7. The number of hydrogen-bond donors (Lipinski definition) is 0. The highest BCUT2D eigenvalue weighted by Crippen LogP contribution is 2.57. The number of rotatable bonds is 17. The number of hydrogen-bond acceptors (Lipinski definition) is 4. The van der Waals surface area contributed by atoms with Gasteiger partial charge in [-0.1, -0.05) is 361 Å². The Morgan fingerprint density at radius 2 is 0.326 bits per heavy atom. The highest BCUT2D eigenvalue weighted by atomic mass is 15.2. The van der Waals surface area contributed by atoms with Crippen LogP contribution in [0.4, 0.5) is 68.2 Å². The Bertz CT molecular complexity index is 9030. The topological polar surface area (TPSA) is 13.0 Å². The van der Waals surface area contributed by atoms with Gasteiger partial charge in [0.15, 0.2) is 0 Å². The molecule has 138 heavy (non-hydrogen) atoms. The predicted molar refractivity (Wildman–Crippen MR) is 588 cm³/mol.